The van der Waals surface area contributed by atoms with E-state index in [2.05, 4.69) is 12.2 Å². The normalized spacial score (nSPS) is 26.6. The van der Waals surface area contributed by atoms with Crippen LogP contribution in [0.2, 0.25) is 0 Å². The van der Waals surface area contributed by atoms with Crippen LogP contribution < -0.4 is 5.32 Å². The fourth-order valence-corrected chi connectivity index (χ4v) is 3.25. The Kier molecular flexibility index (Phi) is 5.55. The summed E-state index contributed by atoms with van der Waals surface area (Å²) in [6.07, 6.45) is 4.49. The van der Waals surface area contributed by atoms with E-state index >= 15 is 0 Å². The van der Waals surface area contributed by atoms with Gasteiger partial charge >= 0.3 is 0 Å². The summed E-state index contributed by atoms with van der Waals surface area (Å²) in [5, 5.41) is 3.45. The fourth-order valence-electron chi connectivity index (χ4n) is 3.25. The summed E-state index contributed by atoms with van der Waals surface area (Å²) in [4.78, 5) is 0. The molecular formula is C17H26FNO. The number of hydrogen-bond acceptors (Lipinski definition) is 2. The van der Waals surface area contributed by atoms with Gasteiger partial charge in [0.05, 0.1) is 6.61 Å². The first-order chi connectivity index (χ1) is 9.68. The van der Waals surface area contributed by atoms with Crippen LogP contribution in [0.4, 0.5) is 4.39 Å². The van der Waals surface area contributed by atoms with E-state index in [0.29, 0.717) is 6.61 Å². The molecule has 20 heavy (non-hydrogen) atoms. The van der Waals surface area contributed by atoms with Gasteiger partial charge in [-0.05, 0) is 43.2 Å². The van der Waals surface area contributed by atoms with Crippen LogP contribution in [0.15, 0.2) is 24.3 Å². The van der Waals surface area contributed by atoms with Gasteiger partial charge in [0, 0.05) is 25.6 Å². The summed E-state index contributed by atoms with van der Waals surface area (Å²) in [6.45, 7) is 4.65. The maximum Gasteiger partial charge on any atom is 0.127 e. The molecule has 0 bridgehead atoms. The molecule has 1 saturated carbocycles. The lowest BCUT2D eigenvalue weighted by Crippen LogP contribution is -2.42. The Morgan fingerprint density at radius 3 is 2.65 bits per heavy atom. The summed E-state index contributed by atoms with van der Waals surface area (Å²) in [5.41, 5.74) is 0.836. The van der Waals surface area contributed by atoms with Crippen LogP contribution in [-0.4, -0.2) is 26.8 Å². The molecule has 1 N–H and O–H groups in total. The third-order valence-corrected chi connectivity index (χ3v) is 4.62. The van der Waals surface area contributed by atoms with Crippen molar-refractivity contribution < 1.29 is 9.13 Å². The van der Waals surface area contributed by atoms with Crippen molar-refractivity contribution in [3.05, 3.63) is 35.6 Å². The third-order valence-electron chi connectivity index (χ3n) is 4.62. The van der Waals surface area contributed by atoms with Crippen molar-refractivity contribution in [2.75, 3.05) is 26.8 Å². The number of ether oxygens (including phenoxy) is 1. The van der Waals surface area contributed by atoms with Crippen molar-refractivity contribution in [3.8, 4) is 0 Å². The average molecular weight is 279 g/mol. The highest BCUT2D eigenvalue weighted by Crippen LogP contribution is 2.42. The largest absolute Gasteiger partial charge is 0.383 e. The number of benzene rings is 1. The molecule has 0 amide bonds. The molecule has 0 aliphatic heterocycles. The van der Waals surface area contributed by atoms with Crippen LogP contribution >= 0.6 is 0 Å². The maximum atomic E-state index is 14.2. The van der Waals surface area contributed by atoms with Crippen molar-refractivity contribution in [2.24, 2.45) is 5.92 Å². The molecule has 1 aliphatic carbocycles. The number of rotatable bonds is 6. The Balaban J connectivity index is 2.14. The van der Waals surface area contributed by atoms with Crippen LogP contribution in [0, 0.1) is 11.7 Å². The van der Waals surface area contributed by atoms with E-state index in [1.54, 1.807) is 19.2 Å². The molecule has 0 radical (unpaired) electrons. The second-order valence-corrected chi connectivity index (χ2v) is 6.11. The quantitative estimate of drug-likeness (QED) is 0.805. The van der Waals surface area contributed by atoms with Crippen molar-refractivity contribution in [1.29, 1.82) is 0 Å². The minimum atomic E-state index is -0.0596. The Morgan fingerprint density at radius 2 is 2.00 bits per heavy atom. The highest BCUT2D eigenvalue weighted by atomic mass is 19.1. The van der Waals surface area contributed by atoms with Gasteiger partial charge in [-0.2, -0.15) is 0 Å². The van der Waals surface area contributed by atoms with Gasteiger partial charge in [0.25, 0.3) is 0 Å². The first-order valence-electron chi connectivity index (χ1n) is 7.62. The molecular weight excluding hydrogens is 253 g/mol. The molecule has 1 aromatic rings. The molecule has 1 aliphatic rings. The molecule has 0 saturated heterocycles. The number of nitrogens with one attached hydrogen (secondary N) is 1. The van der Waals surface area contributed by atoms with E-state index in [1.807, 2.05) is 12.1 Å². The van der Waals surface area contributed by atoms with Crippen molar-refractivity contribution in [3.63, 3.8) is 0 Å². The third kappa shape index (κ3) is 3.58. The minimum absolute atomic E-state index is 0.0500. The number of hydrogen-bond donors (Lipinski definition) is 1. The maximum absolute atomic E-state index is 14.2. The van der Waals surface area contributed by atoms with Gasteiger partial charge in [0.2, 0.25) is 0 Å². The zero-order chi connectivity index (χ0) is 14.4. The zero-order valence-electron chi connectivity index (χ0n) is 12.6. The lowest BCUT2D eigenvalue weighted by molar-refractivity contribution is 0.186. The van der Waals surface area contributed by atoms with Crippen molar-refractivity contribution in [2.45, 2.75) is 38.0 Å². The van der Waals surface area contributed by atoms with E-state index in [1.165, 1.54) is 12.8 Å². The van der Waals surface area contributed by atoms with E-state index in [9.17, 15) is 4.39 Å². The molecule has 0 atom stereocenters. The summed E-state index contributed by atoms with van der Waals surface area (Å²) in [7, 11) is 1.70. The van der Waals surface area contributed by atoms with E-state index in [4.69, 9.17) is 4.74 Å². The standard InChI is InChI=1S/C17H26FNO/c1-14-7-9-17(10-8-14,13-19-11-12-20-2)15-5-3-4-6-16(15)18/h3-6,14,19H,7-13H2,1-2H3. The van der Waals surface area contributed by atoms with Gasteiger partial charge in [0.15, 0.2) is 0 Å². The van der Waals surface area contributed by atoms with Crippen LogP contribution in [0.25, 0.3) is 0 Å². The highest BCUT2D eigenvalue weighted by Gasteiger charge is 2.37. The van der Waals surface area contributed by atoms with Gasteiger partial charge in [-0.25, -0.2) is 4.39 Å². The molecule has 0 heterocycles. The van der Waals surface area contributed by atoms with Crippen LogP contribution in [0.1, 0.15) is 38.2 Å². The van der Waals surface area contributed by atoms with Crippen LogP contribution in [-0.2, 0) is 10.2 Å². The second kappa shape index (κ2) is 7.19. The molecule has 112 valence electrons. The molecule has 0 aromatic heterocycles. The predicted octanol–water partition coefficient (Wildman–Crippen LogP) is 3.51. The molecule has 0 spiro atoms. The Hall–Kier alpha value is -0.930. The van der Waals surface area contributed by atoms with Gasteiger partial charge in [-0.3, -0.25) is 0 Å². The van der Waals surface area contributed by atoms with Crippen LogP contribution in [0.5, 0.6) is 0 Å². The topological polar surface area (TPSA) is 21.3 Å². The molecule has 0 unspecified atom stereocenters. The smallest absolute Gasteiger partial charge is 0.127 e. The number of halogens is 1. The SMILES string of the molecule is COCCNCC1(c2ccccc2F)CCC(C)CC1. The molecule has 1 aromatic carbocycles. The predicted molar refractivity (Wildman–Crippen MR) is 80.5 cm³/mol. The lowest BCUT2D eigenvalue weighted by atomic mass is 9.66. The second-order valence-electron chi connectivity index (χ2n) is 6.11. The summed E-state index contributed by atoms with van der Waals surface area (Å²) >= 11 is 0. The molecule has 2 nitrogen and oxygen atoms in total. The molecule has 2 rings (SSSR count). The van der Waals surface area contributed by atoms with Crippen LogP contribution in [0.3, 0.4) is 0 Å². The summed E-state index contributed by atoms with van der Waals surface area (Å²) in [6, 6.07) is 7.28. The monoisotopic (exact) mass is 279 g/mol. The minimum Gasteiger partial charge on any atom is -0.383 e. The highest BCUT2D eigenvalue weighted by molar-refractivity contribution is 5.28. The Labute approximate surface area is 121 Å². The van der Waals surface area contributed by atoms with Crippen molar-refractivity contribution >= 4 is 0 Å². The Bertz CT molecular complexity index is 413. The average Bonchev–Trinajstić information content (AvgIpc) is 2.47. The first-order valence-corrected chi connectivity index (χ1v) is 7.62. The summed E-state index contributed by atoms with van der Waals surface area (Å²) < 4.78 is 19.3. The molecule has 1 fully saturated rings. The Morgan fingerprint density at radius 1 is 1.30 bits per heavy atom. The van der Waals surface area contributed by atoms with Gasteiger partial charge < -0.3 is 10.1 Å². The molecule has 3 heteroatoms. The first kappa shape index (κ1) is 15.5. The fraction of sp³-hybridized carbons (Fsp3) is 0.647. The van der Waals surface area contributed by atoms with Gasteiger partial charge in [0.1, 0.15) is 5.82 Å². The number of methoxy groups -OCH3 is 1. The van der Waals surface area contributed by atoms with E-state index in [0.717, 1.165) is 37.4 Å². The van der Waals surface area contributed by atoms with E-state index < -0.39 is 0 Å². The zero-order valence-corrected chi connectivity index (χ0v) is 12.6. The summed E-state index contributed by atoms with van der Waals surface area (Å²) in [5.74, 6) is 0.699. The van der Waals surface area contributed by atoms with Gasteiger partial charge in [-0.1, -0.05) is 25.1 Å². The van der Waals surface area contributed by atoms with E-state index in [-0.39, 0.29) is 11.2 Å². The lowest BCUT2D eigenvalue weighted by Gasteiger charge is -2.40. The van der Waals surface area contributed by atoms with Crippen molar-refractivity contribution in [1.82, 2.24) is 5.32 Å². The van der Waals surface area contributed by atoms with Gasteiger partial charge in [-0.15, -0.1) is 0 Å².